The van der Waals surface area contributed by atoms with Crippen molar-refractivity contribution in [3.05, 3.63) is 44.9 Å². The van der Waals surface area contributed by atoms with E-state index < -0.39 is 37.6 Å². The van der Waals surface area contributed by atoms with E-state index in [0.29, 0.717) is 9.21 Å². The molecule has 240 valence electrons. The Morgan fingerprint density at radius 2 is 1.28 bits per heavy atom. The van der Waals surface area contributed by atoms with Crippen LogP contribution in [0.15, 0.2) is 33.5 Å². The van der Waals surface area contributed by atoms with Crippen molar-refractivity contribution in [1.82, 2.24) is 9.97 Å². The molecule has 0 bridgehead atoms. The first-order valence-electron chi connectivity index (χ1n) is 11.8. The first-order chi connectivity index (χ1) is 19.1. The molecule has 0 spiro atoms. The van der Waals surface area contributed by atoms with E-state index in [4.69, 9.17) is 9.47 Å². The normalized spacial score (nSPS) is 10.5. The number of rotatable bonds is 8. The molecular formula is C24H36Br2IKN4O9S2. The number of nitrogens with one attached hydrogen (secondary N) is 1. The van der Waals surface area contributed by atoms with Crippen molar-refractivity contribution >= 4 is 97.8 Å². The van der Waals surface area contributed by atoms with E-state index in [-0.39, 0.29) is 87.4 Å². The van der Waals surface area contributed by atoms with Crippen molar-refractivity contribution in [2.75, 3.05) is 46.7 Å². The van der Waals surface area contributed by atoms with Gasteiger partial charge in [0.1, 0.15) is 9.21 Å². The minimum Gasteiger partial charge on any atom is -0.850 e. The quantitative estimate of drug-likeness (QED) is 0.131. The Morgan fingerprint density at radius 1 is 0.907 bits per heavy atom. The number of aromatic nitrogens is 2. The predicted octanol–water partition coefficient (Wildman–Crippen LogP) is 1.01. The number of alkyl halides is 1. The first kappa shape index (κ1) is 47.4. The van der Waals surface area contributed by atoms with Crippen LogP contribution in [0, 0.1) is 0 Å². The van der Waals surface area contributed by atoms with Crippen LogP contribution in [0.25, 0.3) is 0 Å². The van der Waals surface area contributed by atoms with Gasteiger partial charge in [-0.3, -0.25) is 9.03 Å². The number of hydrogen-bond acceptors (Lipinski definition) is 11. The molecule has 0 atom stereocenters. The predicted molar refractivity (Wildman–Crippen MR) is 177 cm³/mol. The van der Waals surface area contributed by atoms with Gasteiger partial charge in [-0.05, 0) is 74.9 Å². The van der Waals surface area contributed by atoms with Crippen LogP contribution < -0.4 is 65.5 Å². The minimum atomic E-state index is -3.47. The standard InChI is InChI=1S/C10H13BrN2O4S.C9H11BrN2O4S.C4H9O.CH3I.K/c1-4-17-10(14)9-7(5-6-8(11)12-9)13(2)18(3,15)16;1-3-16-9(13)8-6(12-17(2,14)15)4-5-7(10)11-8;1-4(2,3)5;1-2;/h5-6H,4H2,1-3H3;4-5,12H,3H2,1-2H3;1-3H3;1H3;/q;;-1;;+1. The van der Waals surface area contributed by atoms with Gasteiger partial charge in [-0.25, -0.2) is 36.4 Å². The molecule has 2 aromatic heterocycles. The van der Waals surface area contributed by atoms with Crippen LogP contribution >= 0.6 is 54.5 Å². The molecule has 0 aliphatic carbocycles. The Bertz CT molecular complexity index is 1390. The fourth-order valence-electron chi connectivity index (χ4n) is 2.28. The van der Waals surface area contributed by atoms with Gasteiger partial charge in [-0.15, -0.1) is 5.60 Å². The minimum absolute atomic E-state index is 0. The average Bonchev–Trinajstić information content (AvgIpc) is 2.84. The molecule has 0 aromatic carbocycles. The summed E-state index contributed by atoms with van der Waals surface area (Å²) in [7, 11) is -5.59. The van der Waals surface area contributed by atoms with Gasteiger partial charge in [0.2, 0.25) is 20.0 Å². The molecule has 0 aliphatic heterocycles. The summed E-state index contributed by atoms with van der Waals surface area (Å²) in [6.07, 6.45) is 2.04. The SMILES string of the molecule is CC(C)(C)[O-].CCOC(=O)c1nc(Br)ccc1N(C)S(C)(=O)=O.CCOC(=O)c1nc(Br)ccc1NS(C)(=O)=O.CI.[K+]. The van der Waals surface area contributed by atoms with Crippen molar-refractivity contribution in [3.63, 3.8) is 0 Å². The van der Waals surface area contributed by atoms with Crippen molar-refractivity contribution in [2.45, 2.75) is 40.2 Å². The number of carbonyl (C=O) groups is 2. The summed E-state index contributed by atoms with van der Waals surface area (Å²) in [6.45, 7) is 8.59. The maximum absolute atomic E-state index is 11.7. The maximum Gasteiger partial charge on any atom is 1.00 e. The Balaban J connectivity index is -0.000000601. The molecule has 0 unspecified atom stereocenters. The summed E-state index contributed by atoms with van der Waals surface area (Å²) < 4.78 is 58.9. The Kier molecular flexibility index (Phi) is 24.9. The van der Waals surface area contributed by atoms with Gasteiger partial charge >= 0.3 is 63.3 Å². The van der Waals surface area contributed by atoms with Gasteiger partial charge in [0.25, 0.3) is 0 Å². The third-order valence-electron chi connectivity index (χ3n) is 3.77. The van der Waals surface area contributed by atoms with E-state index in [0.717, 1.165) is 16.8 Å². The van der Waals surface area contributed by atoms with Crippen molar-refractivity contribution < 1.29 is 92.4 Å². The summed E-state index contributed by atoms with van der Waals surface area (Å²) in [5.41, 5.74) is -0.598. The van der Waals surface area contributed by atoms with Crippen LogP contribution in [-0.2, 0) is 29.5 Å². The number of sulfonamides is 2. The molecule has 0 saturated heterocycles. The zero-order chi connectivity index (χ0) is 33.5. The fourth-order valence-corrected chi connectivity index (χ4v) is 3.97. The van der Waals surface area contributed by atoms with Gasteiger partial charge in [0.15, 0.2) is 11.4 Å². The number of hydrogen-bond donors (Lipinski definition) is 1. The summed E-state index contributed by atoms with van der Waals surface area (Å²) in [5, 5.41) is 10.1. The molecule has 0 amide bonds. The molecule has 0 aliphatic rings. The molecule has 19 heteroatoms. The second-order valence-electron chi connectivity index (χ2n) is 8.69. The van der Waals surface area contributed by atoms with E-state index in [2.05, 4.69) is 69.1 Å². The second-order valence-corrected chi connectivity index (χ2v) is 14.1. The number of halogens is 3. The molecule has 0 saturated carbocycles. The van der Waals surface area contributed by atoms with E-state index in [9.17, 15) is 31.5 Å². The molecule has 1 N–H and O–H groups in total. The monoisotopic (exact) mass is 912 g/mol. The number of esters is 2. The topological polar surface area (TPSA) is 185 Å². The number of pyridine rings is 2. The molecule has 13 nitrogen and oxygen atoms in total. The van der Waals surface area contributed by atoms with E-state index in [1.54, 1.807) is 40.7 Å². The first-order valence-corrected chi connectivity index (χ1v) is 19.3. The number of carbonyl (C=O) groups excluding carboxylic acids is 2. The summed E-state index contributed by atoms with van der Waals surface area (Å²) in [4.78, 5) is 33.1. The van der Waals surface area contributed by atoms with Crippen molar-refractivity contribution in [3.8, 4) is 0 Å². The summed E-state index contributed by atoms with van der Waals surface area (Å²) in [5.74, 6) is -1.34. The molecule has 2 rings (SSSR count). The third-order valence-corrected chi connectivity index (χ3v) is 6.44. The van der Waals surface area contributed by atoms with Crippen LogP contribution in [0.3, 0.4) is 0 Å². The van der Waals surface area contributed by atoms with E-state index >= 15 is 0 Å². The summed E-state index contributed by atoms with van der Waals surface area (Å²) >= 11 is 8.38. The number of ether oxygens (including phenoxy) is 2. The van der Waals surface area contributed by atoms with Crippen LogP contribution in [0.4, 0.5) is 11.4 Å². The van der Waals surface area contributed by atoms with Crippen molar-refractivity contribution in [2.24, 2.45) is 0 Å². The molecule has 2 heterocycles. The Hall–Kier alpha value is 0.0264. The smallest absolute Gasteiger partial charge is 0.850 e. The molecule has 0 radical (unpaired) electrons. The number of anilines is 2. The van der Waals surface area contributed by atoms with Gasteiger partial charge in [0.05, 0.1) is 37.1 Å². The molecule has 0 fully saturated rings. The Labute approximate surface area is 327 Å². The van der Waals surface area contributed by atoms with Crippen molar-refractivity contribution in [1.29, 1.82) is 0 Å². The van der Waals surface area contributed by atoms with Gasteiger partial charge < -0.3 is 14.6 Å². The van der Waals surface area contributed by atoms with Gasteiger partial charge in [-0.1, -0.05) is 43.4 Å². The van der Waals surface area contributed by atoms with Gasteiger partial charge in [-0.2, -0.15) is 0 Å². The average molecular weight is 915 g/mol. The zero-order valence-electron chi connectivity index (χ0n) is 25.7. The fraction of sp³-hybridized carbons (Fsp3) is 0.500. The van der Waals surface area contributed by atoms with E-state index in [1.165, 1.54) is 25.2 Å². The van der Waals surface area contributed by atoms with Crippen LogP contribution in [0.2, 0.25) is 0 Å². The van der Waals surface area contributed by atoms with Crippen LogP contribution in [0.1, 0.15) is 55.6 Å². The zero-order valence-corrected chi connectivity index (χ0v) is 35.8. The second kappa shape index (κ2) is 22.5. The molecule has 43 heavy (non-hydrogen) atoms. The Morgan fingerprint density at radius 3 is 1.65 bits per heavy atom. The van der Waals surface area contributed by atoms with E-state index in [1.807, 2.05) is 4.93 Å². The van der Waals surface area contributed by atoms with Crippen LogP contribution in [-0.4, -0.2) is 82.0 Å². The largest absolute Gasteiger partial charge is 1.00 e. The third kappa shape index (κ3) is 22.2. The van der Waals surface area contributed by atoms with Crippen LogP contribution in [0.5, 0.6) is 0 Å². The number of nitrogens with zero attached hydrogens (tertiary/aromatic N) is 3. The molecule has 2 aromatic rings. The van der Waals surface area contributed by atoms with Gasteiger partial charge in [0, 0.05) is 7.05 Å². The maximum atomic E-state index is 11.7. The summed E-state index contributed by atoms with van der Waals surface area (Å²) in [6, 6.07) is 6.00. The molecular weight excluding hydrogens is 878 g/mol.